The van der Waals surface area contributed by atoms with Gasteiger partial charge in [0, 0.05) is 12.6 Å². The molecule has 1 aromatic rings. The molecule has 1 unspecified atom stereocenters. The van der Waals surface area contributed by atoms with Crippen molar-refractivity contribution < 1.29 is 19.1 Å². The molecule has 1 aromatic carbocycles. The van der Waals surface area contributed by atoms with E-state index in [1.807, 2.05) is 0 Å². The standard InChI is InChI=1S/C16H21FN2O3/c1-10-3-4-12(7-14(10)17)8-18-15(20)9-19(13-5-6-13)11(2)16(21)22/h3-4,7,11,13H,5-6,8-9H2,1-2H3,(H,18,20)(H,21,22). The Kier molecular flexibility index (Phi) is 5.13. The Morgan fingerprint density at radius 2 is 2.14 bits per heavy atom. The molecule has 1 aliphatic carbocycles. The van der Waals surface area contributed by atoms with Crippen LogP contribution in [0.3, 0.4) is 0 Å². The van der Waals surface area contributed by atoms with Crippen molar-refractivity contribution in [2.24, 2.45) is 0 Å². The molecule has 1 fully saturated rings. The number of nitrogens with zero attached hydrogens (tertiary/aromatic N) is 1. The highest BCUT2D eigenvalue weighted by molar-refractivity contribution is 5.80. The van der Waals surface area contributed by atoms with Crippen molar-refractivity contribution >= 4 is 11.9 Å². The zero-order valence-corrected chi connectivity index (χ0v) is 12.8. The minimum atomic E-state index is -0.930. The fourth-order valence-electron chi connectivity index (χ4n) is 2.30. The van der Waals surface area contributed by atoms with Gasteiger partial charge in [0.25, 0.3) is 0 Å². The van der Waals surface area contributed by atoms with Gasteiger partial charge in [-0.15, -0.1) is 0 Å². The summed E-state index contributed by atoms with van der Waals surface area (Å²) in [6.45, 7) is 3.55. The number of amides is 1. The molecule has 22 heavy (non-hydrogen) atoms. The van der Waals surface area contributed by atoms with Gasteiger partial charge in [0.2, 0.25) is 5.91 Å². The molecule has 1 aliphatic rings. The Morgan fingerprint density at radius 3 is 2.68 bits per heavy atom. The van der Waals surface area contributed by atoms with E-state index in [0.29, 0.717) is 11.1 Å². The van der Waals surface area contributed by atoms with Crippen LogP contribution in [0.1, 0.15) is 30.9 Å². The Morgan fingerprint density at radius 1 is 1.45 bits per heavy atom. The Bertz CT molecular complexity index is 573. The summed E-state index contributed by atoms with van der Waals surface area (Å²) in [5.41, 5.74) is 1.24. The quantitative estimate of drug-likeness (QED) is 0.804. The summed E-state index contributed by atoms with van der Waals surface area (Å²) in [5.74, 6) is -1.48. The number of carbonyl (C=O) groups excluding carboxylic acids is 1. The third-order valence-corrected chi connectivity index (χ3v) is 3.92. The fourth-order valence-corrected chi connectivity index (χ4v) is 2.30. The van der Waals surface area contributed by atoms with E-state index >= 15 is 0 Å². The van der Waals surface area contributed by atoms with Gasteiger partial charge >= 0.3 is 5.97 Å². The lowest BCUT2D eigenvalue weighted by Crippen LogP contribution is -2.46. The number of carboxylic acids is 1. The van der Waals surface area contributed by atoms with Gasteiger partial charge in [-0.2, -0.15) is 0 Å². The number of carboxylic acid groups (broad SMARTS) is 1. The van der Waals surface area contributed by atoms with Crippen molar-refractivity contribution in [1.82, 2.24) is 10.2 Å². The number of rotatable bonds is 7. The van der Waals surface area contributed by atoms with Crippen molar-refractivity contribution in [2.45, 2.75) is 45.3 Å². The summed E-state index contributed by atoms with van der Waals surface area (Å²) < 4.78 is 13.4. The molecule has 1 amide bonds. The first-order chi connectivity index (χ1) is 10.4. The third-order valence-electron chi connectivity index (χ3n) is 3.92. The minimum Gasteiger partial charge on any atom is -0.480 e. The highest BCUT2D eigenvalue weighted by Crippen LogP contribution is 2.28. The largest absolute Gasteiger partial charge is 0.480 e. The molecule has 0 aromatic heterocycles. The Labute approximate surface area is 129 Å². The van der Waals surface area contributed by atoms with Gasteiger partial charge in [-0.25, -0.2) is 4.39 Å². The molecule has 2 rings (SSSR count). The SMILES string of the molecule is Cc1ccc(CNC(=O)CN(C2CC2)C(C)C(=O)O)cc1F. The van der Waals surface area contributed by atoms with Gasteiger partial charge in [-0.05, 0) is 43.9 Å². The Balaban J connectivity index is 1.88. The van der Waals surface area contributed by atoms with Crippen LogP contribution in [0.5, 0.6) is 0 Å². The highest BCUT2D eigenvalue weighted by atomic mass is 19.1. The van der Waals surface area contributed by atoms with E-state index in [1.165, 1.54) is 6.07 Å². The summed E-state index contributed by atoms with van der Waals surface area (Å²) in [4.78, 5) is 24.8. The van der Waals surface area contributed by atoms with Crippen LogP contribution < -0.4 is 5.32 Å². The van der Waals surface area contributed by atoms with Crippen LogP contribution in [-0.2, 0) is 16.1 Å². The molecule has 6 heteroatoms. The first-order valence-electron chi connectivity index (χ1n) is 7.38. The average molecular weight is 308 g/mol. The van der Waals surface area contributed by atoms with Crippen molar-refractivity contribution in [1.29, 1.82) is 0 Å². The molecule has 0 radical (unpaired) electrons. The van der Waals surface area contributed by atoms with E-state index in [1.54, 1.807) is 30.9 Å². The number of aryl methyl sites for hydroxylation is 1. The molecule has 0 saturated heterocycles. The van der Waals surface area contributed by atoms with Crippen molar-refractivity contribution in [3.63, 3.8) is 0 Å². The van der Waals surface area contributed by atoms with Gasteiger partial charge in [-0.3, -0.25) is 14.5 Å². The number of hydrogen-bond acceptors (Lipinski definition) is 3. The van der Waals surface area contributed by atoms with Crippen LogP contribution in [0.4, 0.5) is 4.39 Å². The highest BCUT2D eigenvalue weighted by Gasteiger charge is 2.36. The first-order valence-corrected chi connectivity index (χ1v) is 7.38. The maximum absolute atomic E-state index is 13.4. The molecular formula is C16H21FN2O3. The Hall–Kier alpha value is -1.95. The summed E-state index contributed by atoms with van der Waals surface area (Å²) >= 11 is 0. The number of carbonyl (C=O) groups is 2. The number of aliphatic carboxylic acids is 1. The van der Waals surface area contributed by atoms with Gasteiger partial charge in [0.1, 0.15) is 11.9 Å². The molecule has 1 saturated carbocycles. The molecule has 1 atom stereocenters. The molecule has 120 valence electrons. The van der Waals surface area contributed by atoms with Gasteiger partial charge in [0.05, 0.1) is 6.54 Å². The van der Waals surface area contributed by atoms with Gasteiger partial charge in [0.15, 0.2) is 0 Å². The maximum atomic E-state index is 13.4. The number of hydrogen-bond donors (Lipinski definition) is 2. The summed E-state index contributed by atoms with van der Waals surface area (Å²) in [6.07, 6.45) is 1.85. The average Bonchev–Trinajstić information content (AvgIpc) is 3.29. The molecule has 0 aliphatic heterocycles. The number of nitrogens with one attached hydrogen (secondary N) is 1. The summed E-state index contributed by atoms with van der Waals surface area (Å²) in [5, 5.41) is 11.8. The van der Waals surface area contributed by atoms with E-state index in [9.17, 15) is 14.0 Å². The zero-order valence-electron chi connectivity index (χ0n) is 12.8. The minimum absolute atomic E-state index is 0.0481. The van der Waals surface area contributed by atoms with Gasteiger partial charge in [-0.1, -0.05) is 12.1 Å². The van der Waals surface area contributed by atoms with Crippen LogP contribution in [0.25, 0.3) is 0 Å². The van der Waals surface area contributed by atoms with Crippen LogP contribution in [0.2, 0.25) is 0 Å². The van der Waals surface area contributed by atoms with Crippen LogP contribution >= 0.6 is 0 Å². The molecular weight excluding hydrogens is 287 g/mol. The maximum Gasteiger partial charge on any atom is 0.320 e. The van der Waals surface area contributed by atoms with E-state index in [2.05, 4.69) is 5.32 Å². The normalized spacial score (nSPS) is 15.6. The zero-order chi connectivity index (χ0) is 16.3. The first kappa shape index (κ1) is 16.4. The second-order valence-corrected chi connectivity index (χ2v) is 5.78. The molecule has 2 N–H and O–H groups in total. The van der Waals surface area contributed by atoms with Crippen molar-refractivity contribution in [2.75, 3.05) is 6.54 Å². The van der Waals surface area contributed by atoms with E-state index in [4.69, 9.17) is 5.11 Å². The van der Waals surface area contributed by atoms with Crippen molar-refractivity contribution in [3.8, 4) is 0 Å². The van der Waals surface area contributed by atoms with Gasteiger partial charge < -0.3 is 10.4 Å². The molecule has 5 nitrogen and oxygen atoms in total. The smallest absolute Gasteiger partial charge is 0.320 e. The summed E-state index contributed by atoms with van der Waals surface area (Å²) in [7, 11) is 0. The van der Waals surface area contributed by atoms with E-state index in [0.717, 1.165) is 12.8 Å². The third kappa shape index (κ3) is 4.27. The number of halogens is 1. The monoisotopic (exact) mass is 308 g/mol. The lowest BCUT2D eigenvalue weighted by Gasteiger charge is -2.25. The van der Waals surface area contributed by atoms with E-state index in [-0.39, 0.29) is 30.9 Å². The lowest BCUT2D eigenvalue weighted by molar-refractivity contribution is -0.143. The van der Waals surface area contributed by atoms with E-state index < -0.39 is 12.0 Å². The molecule has 0 bridgehead atoms. The lowest BCUT2D eigenvalue weighted by atomic mass is 10.1. The topological polar surface area (TPSA) is 69.6 Å². The predicted octanol–water partition coefficient (Wildman–Crippen LogP) is 1.69. The van der Waals surface area contributed by atoms with Crippen LogP contribution in [0, 0.1) is 12.7 Å². The fraction of sp³-hybridized carbons (Fsp3) is 0.500. The van der Waals surface area contributed by atoms with Crippen LogP contribution in [-0.4, -0.2) is 40.5 Å². The number of benzene rings is 1. The van der Waals surface area contributed by atoms with Crippen LogP contribution in [0.15, 0.2) is 18.2 Å². The second-order valence-electron chi connectivity index (χ2n) is 5.78. The predicted molar refractivity (Wildman–Crippen MR) is 79.8 cm³/mol. The van der Waals surface area contributed by atoms with Crippen molar-refractivity contribution in [3.05, 3.63) is 35.1 Å². The summed E-state index contributed by atoms with van der Waals surface area (Å²) in [6, 6.07) is 4.31. The molecule has 0 spiro atoms. The second kappa shape index (κ2) is 6.87. The molecule has 0 heterocycles.